The van der Waals surface area contributed by atoms with Crippen LogP contribution in [0.25, 0.3) is 0 Å². The number of hydrogen-bond acceptors (Lipinski definition) is 3. The molecule has 0 saturated carbocycles. The average Bonchev–Trinajstić information content (AvgIpc) is 3.13. The van der Waals surface area contributed by atoms with Crippen molar-refractivity contribution in [1.29, 1.82) is 0 Å². The van der Waals surface area contributed by atoms with Gasteiger partial charge in [-0.3, -0.25) is 4.79 Å². The Morgan fingerprint density at radius 3 is 2.86 bits per heavy atom. The number of nitrogens with one attached hydrogen (secondary N) is 2. The van der Waals surface area contributed by atoms with Gasteiger partial charge in [0.05, 0.1) is 6.54 Å². The van der Waals surface area contributed by atoms with Crippen LogP contribution in [0.5, 0.6) is 5.75 Å². The lowest BCUT2D eigenvalue weighted by Gasteiger charge is -2.20. The van der Waals surface area contributed by atoms with Gasteiger partial charge >= 0.3 is 0 Å². The van der Waals surface area contributed by atoms with Crippen LogP contribution in [0.15, 0.2) is 41.9 Å². The fraction of sp³-hybridized carbons (Fsp3) is 0.524. The Hall–Kier alpha value is -1.77. The SMILES string of the molecule is C=CCOc1ccccc1CN=C(NCC)NC1CCN(C(=O)C(C)C)C1.I. The smallest absolute Gasteiger partial charge is 0.225 e. The van der Waals surface area contributed by atoms with Gasteiger partial charge in [-0.2, -0.15) is 0 Å². The van der Waals surface area contributed by atoms with Gasteiger partial charge < -0.3 is 20.3 Å². The number of guanidine groups is 1. The average molecular weight is 500 g/mol. The molecule has 0 aromatic heterocycles. The van der Waals surface area contributed by atoms with Crippen molar-refractivity contribution >= 4 is 35.8 Å². The molecule has 1 amide bonds. The maximum atomic E-state index is 12.2. The molecule has 6 nitrogen and oxygen atoms in total. The molecule has 28 heavy (non-hydrogen) atoms. The van der Waals surface area contributed by atoms with Crippen LogP contribution in [-0.4, -0.2) is 49.0 Å². The maximum Gasteiger partial charge on any atom is 0.225 e. The first-order chi connectivity index (χ1) is 13.0. The fourth-order valence-corrected chi connectivity index (χ4v) is 3.04. The number of para-hydroxylation sites is 1. The van der Waals surface area contributed by atoms with Crippen LogP contribution in [0.2, 0.25) is 0 Å². The molecule has 1 fully saturated rings. The number of halogens is 1. The number of amides is 1. The van der Waals surface area contributed by atoms with E-state index in [1.165, 1.54) is 0 Å². The molecule has 0 bridgehead atoms. The first kappa shape index (κ1) is 24.3. The van der Waals surface area contributed by atoms with E-state index in [2.05, 4.69) is 17.2 Å². The predicted molar refractivity (Wildman–Crippen MR) is 125 cm³/mol. The molecular weight excluding hydrogens is 467 g/mol. The van der Waals surface area contributed by atoms with Crippen molar-refractivity contribution in [2.45, 2.75) is 39.8 Å². The highest BCUT2D eigenvalue weighted by Gasteiger charge is 2.27. The van der Waals surface area contributed by atoms with Crippen LogP contribution >= 0.6 is 24.0 Å². The van der Waals surface area contributed by atoms with Gasteiger partial charge in [0.25, 0.3) is 0 Å². The zero-order valence-corrected chi connectivity index (χ0v) is 19.4. The minimum Gasteiger partial charge on any atom is -0.489 e. The summed E-state index contributed by atoms with van der Waals surface area (Å²) < 4.78 is 5.70. The highest BCUT2D eigenvalue weighted by molar-refractivity contribution is 14.0. The summed E-state index contributed by atoms with van der Waals surface area (Å²) in [6, 6.07) is 8.12. The number of nitrogens with zero attached hydrogens (tertiary/aromatic N) is 2. The van der Waals surface area contributed by atoms with Crippen LogP contribution in [0, 0.1) is 5.92 Å². The number of carbonyl (C=O) groups is 1. The Labute approximate surface area is 185 Å². The van der Waals surface area contributed by atoms with Gasteiger partial charge in [0.15, 0.2) is 5.96 Å². The first-order valence-corrected chi connectivity index (χ1v) is 9.70. The van der Waals surface area contributed by atoms with Gasteiger partial charge in [-0.15, -0.1) is 24.0 Å². The van der Waals surface area contributed by atoms with Crippen molar-refractivity contribution in [3.63, 3.8) is 0 Å². The highest BCUT2D eigenvalue weighted by Crippen LogP contribution is 2.19. The molecule has 2 N–H and O–H groups in total. The summed E-state index contributed by atoms with van der Waals surface area (Å²) in [6.45, 7) is 12.9. The summed E-state index contributed by atoms with van der Waals surface area (Å²) >= 11 is 0. The molecule has 156 valence electrons. The van der Waals surface area contributed by atoms with E-state index in [-0.39, 0.29) is 41.8 Å². The van der Waals surface area contributed by atoms with E-state index in [0.29, 0.717) is 13.2 Å². The topological polar surface area (TPSA) is 66.0 Å². The number of benzene rings is 1. The molecule has 1 unspecified atom stereocenters. The molecule has 0 spiro atoms. The van der Waals surface area contributed by atoms with E-state index in [9.17, 15) is 4.79 Å². The monoisotopic (exact) mass is 500 g/mol. The normalized spacial score (nSPS) is 16.5. The number of carbonyl (C=O) groups excluding carboxylic acids is 1. The molecule has 1 heterocycles. The number of likely N-dealkylation sites (tertiary alicyclic amines) is 1. The summed E-state index contributed by atoms with van der Waals surface area (Å²) in [4.78, 5) is 18.8. The lowest BCUT2D eigenvalue weighted by atomic mass is 10.2. The first-order valence-electron chi connectivity index (χ1n) is 9.70. The third-order valence-corrected chi connectivity index (χ3v) is 4.42. The summed E-state index contributed by atoms with van der Waals surface area (Å²) in [7, 11) is 0. The zero-order chi connectivity index (χ0) is 19.6. The summed E-state index contributed by atoms with van der Waals surface area (Å²) in [5.41, 5.74) is 1.03. The van der Waals surface area contributed by atoms with Crippen LogP contribution in [0.3, 0.4) is 0 Å². The molecule has 2 rings (SSSR count). The second-order valence-electron chi connectivity index (χ2n) is 6.97. The molecule has 0 aliphatic carbocycles. The van der Waals surface area contributed by atoms with Gasteiger partial charge in [-0.1, -0.05) is 44.7 Å². The minimum atomic E-state index is 0. The molecule has 1 aliphatic heterocycles. The van der Waals surface area contributed by atoms with Crippen LogP contribution in [0.4, 0.5) is 0 Å². The Bertz CT molecular complexity index is 664. The van der Waals surface area contributed by atoms with E-state index in [0.717, 1.165) is 43.3 Å². The van der Waals surface area contributed by atoms with Crippen molar-refractivity contribution in [3.05, 3.63) is 42.5 Å². The van der Waals surface area contributed by atoms with Gasteiger partial charge in [0.1, 0.15) is 12.4 Å². The molecule has 7 heteroatoms. The van der Waals surface area contributed by atoms with Gasteiger partial charge in [-0.05, 0) is 19.4 Å². The Morgan fingerprint density at radius 2 is 2.18 bits per heavy atom. The number of ether oxygens (including phenoxy) is 1. The number of aliphatic imine (C=N–C) groups is 1. The predicted octanol–water partition coefficient (Wildman–Crippen LogP) is 3.18. The molecule has 1 aliphatic rings. The lowest BCUT2D eigenvalue weighted by molar-refractivity contribution is -0.133. The van der Waals surface area contributed by atoms with Crippen LogP contribution in [-0.2, 0) is 11.3 Å². The Morgan fingerprint density at radius 1 is 1.43 bits per heavy atom. The molecule has 1 saturated heterocycles. The van der Waals surface area contributed by atoms with Gasteiger partial charge in [0, 0.05) is 37.2 Å². The molecule has 1 aromatic rings. The minimum absolute atomic E-state index is 0. The molecule has 1 aromatic carbocycles. The van der Waals surface area contributed by atoms with Crippen molar-refractivity contribution in [2.24, 2.45) is 10.9 Å². The molecule has 0 radical (unpaired) electrons. The van der Waals surface area contributed by atoms with Crippen LogP contribution < -0.4 is 15.4 Å². The van der Waals surface area contributed by atoms with Gasteiger partial charge in [-0.25, -0.2) is 4.99 Å². The Balaban J connectivity index is 0.00000392. The largest absolute Gasteiger partial charge is 0.489 e. The van der Waals surface area contributed by atoms with E-state index in [4.69, 9.17) is 9.73 Å². The van der Waals surface area contributed by atoms with Crippen molar-refractivity contribution in [3.8, 4) is 5.75 Å². The highest BCUT2D eigenvalue weighted by atomic mass is 127. The number of hydrogen-bond donors (Lipinski definition) is 2. The summed E-state index contributed by atoms with van der Waals surface area (Å²) in [5.74, 6) is 1.85. The summed E-state index contributed by atoms with van der Waals surface area (Å²) in [6.07, 6.45) is 2.66. The zero-order valence-electron chi connectivity index (χ0n) is 17.1. The molecule has 1 atom stereocenters. The van der Waals surface area contributed by atoms with E-state index < -0.39 is 0 Å². The Kier molecular flexibility index (Phi) is 11.0. The van der Waals surface area contributed by atoms with Gasteiger partial charge in [0.2, 0.25) is 5.91 Å². The van der Waals surface area contributed by atoms with Crippen molar-refractivity contribution < 1.29 is 9.53 Å². The second-order valence-corrected chi connectivity index (χ2v) is 6.97. The fourth-order valence-electron chi connectivity index (χ4n) is 3.04. The quantitative estimate of drug-likeness (QED) is 0.249. The maximum absolute atomic E-state index is 12.2. The number of rotatable bonds is 8. The van der Waals surface area contributed by atoms with E-state index in [1.54, 1.807) is 6.08 Å². The third kappa shape index (κ3) is 7.33. The third-order valence-electron chi connectivity index (χ3n) is 4.42. The summed E-state index contributed by atoms with van der Waals surface area (Å²) in [5, 5.41) is 6.75. The van der Waals surface area contributed by atoms with Crippen molar-refractivity contribution in [1.82, 2.24) is 15.5 Å². The molecular formula is C21H33IN4O2. The lowest BCUT2D eigenvalue weighted by Crippen LogP contribution is -2.45. The van der Waals surface area contributed by atoms with E-state index in [1.807, 2.05) is 49.9 Å². The second kappa shape index (κ2) is 12.6. The van der Waals surface area contributed by atoms with Crippen LogP contribution in [0.1, 0.15) is 32.8 Å². The van der Waals surface area contributed by atoms with E-state index >= 15 is 0 Å². The van der Waals surface area contributed by atoms with Crippen molar-refractivity contribution in [2.75, 3.05) is 26.2 Å². The standard InChI is InChI=1S/C21H32N4O2.HI/c1-5-13-27-19-10-8-7-9-17(19)14-23-21(22-6-2)24-18-11-12-25(15-18)20(26)16(3)4;/h5,7-10,16,18H,1,6,11-15H2,2-4H3,(H2,22,23,24);1H.